The standard InChI is InChI=1S/C48H61N7O13/c1-48(2,3)68-47(62)55-38-29-66-43-37(28-65-44(38)43)54-42(59)26-52-45(60)36(23-30-11-5-4-6-12-30)53-41(58)25-51-40(57)24-50-39(56)17-19-63-21-22-64-20-18-49-46(61)67-27-35-33-15-9-7-13-31(33)32-14-8-10-16-34(32)35/h4-16,35-38,43-44H,17-29H2,1-3H3,(H,49,61)(H,50,56)(H,51,57)(H,52,60)(H,53,58)(H,54,59)(H,55,62)/t36-,37-,38-,43+,44+/m0/s1. The van der Waals surface area contributed by atoms with Crippen LogP contribution in [-0.2, 0) is 58.8 Å². The predicted octanol–water partition coefficient (Wildman–Crippen LogP) is 1.20. The first-order valence-electron chi connectivity index (χ1n) is 22.6. The van der Waals surface area contributed by atoms with Crippen molar-refractivity contribution in [3.8, 4) is 11.1 Å². The molecule has 0 saturated carbocycles. The van der Waals surface area contributed by atoms with Gasteiger partial charge in [0.15, 0.2) is 0 Å². The predicted molar refractivity (Wildman–Crippen MR) is 245 cm³/mol. The Kier molecular flexibility index (Phi) is 18.6. The number of nitrogens with one attached hydrogen (secondary N) is 7. The lowest BCUT2D eigenvalue weighted by atomic mass is 9.98. The second kappa shape index (κ2) is 25.0. The normalized spacial score (nSPS) is 18.5. The third kappa shape index (κ3) is 15.5. The van der Waals surface area contributed by atoms with Crippen molar-refractivity contribution in [1.29, 1.82) is 0 Å². The zero-order valence-corrected chi connectivity index (χ0v) is 38.5. The topological polar surface area (TPSA) is 259 Å². The number of carbonyl (C=O) groups excluding carboxylic acids is 7. The summed E-state index contributed by atoms with van der Waals surface area (Å²) in [6.07, 6.45) is -2.10. The molecular weight excluding hydrogens is 883 g/mol. The van der Waals surface area contributed by atoms with Gasteiger partial charge in [-0.15, -0.1) is 0 Å². The highest BCUT2D eigenvalue weighted by Gasteiger charge is 2.49. The Bertz CT molecular complexity index is 2180. The summed E-state index contributed by atoms with van der Waals surface area (Å²) in [5.41, 5.74) is 4.62. The first-order valence-corrected chi connectivity index (χ1v) is 22.6. The molecule has 20 heteroatoms. The second-order valence-electron chi connectivity index (χ2n) is 17.3. The number of carbonyl (C=O) groups is 7. The van der Waals surface area contributed by atoms with E-state index in [1.807, 2.05) is 24.3 Å². The van der Waals surface area contributed by atoms with Crippen LogP contribution in [0.4, 0.5) is 9.59 Å². The summed E-state index contributed by atoms with van der Waals surface area (Å²) in [6, 6.07) is 23.0. The third-order valence-corrected chi connectivity index (χ3v) is 11.1. The molecule has 366 valence electrons. The summed E-state index contributed by atoms with van der Waals surface area (Å²) in [6.45, 7) is 5.46. The van der Waals surface area contributed by atoms with Crippen LogP contribution < -0.4 is 37.2 Å². The lowest BCUT2D eigenvalue weighted by Crippen LogP contribution is -2.53. The van der Waals surface area contributed by atoms with E-state index in [-0.39, 0.29) is 71.6 Å². The molecule has 6 rings (SSSR count). The van der Waals surface area contributed by atoms with Crippen molar-refractivity contribution in [2.24, 2.45) is 0 Å². The SMILES string of the molecule is CC(C)(C)OC(=O)N[C@H]1CO[C@H]2[C@@H]1OC[C@@H]2NC(=O)CNC(=O)[C@H](Cc1ccccc1)NC(=O)CNC(=O)CNC(=O)CCOCCOCCNC(=O)OCC1c2ccccc2-c2ccccc21. The molecule has 7 N–H and O–H groups in total. The van der Waals surface area contributed by atoms with Gasteiger partial charge in [-0.05, 0) is 48.6 Å². The molecule has 3 aromatic rings. The summed E-state index contributed by atoms with van der Waals surface area (Å²) in [4.78, 5) is 88.5. The van der Waals surface area contributed by atoms with Gasteiger partial charge in [-0.3, -0.25) is 24.0 Å². The van der Waals surface area contributed by atoms with Gasteiger partial charge in [0.25, 0.3) is 0 Å². The fourth-order valence-corrected chi connectivity index (χ4v) is 7.93. The molecule has 2 fully saturated rings. The van der Waals surface area contributed by atoms with Gasteiger partial charge in [-0.2, -0.15) is 0 Å². The molecule has 20 nitrogen and oxygen atoms in total. The number of fused-ring (bicyclic) bond motifs is 4. The molecule has 2 heterocycles. The minimum Gasteiger partial charge on any atom is -0.449 e. The van der Waals surface area contributed by atoms with Crippen LogP contribution in [-0.4, -0.2) is 150 Å². The molecule has 2 saturated heterocycles. The highest BCUT2D eigenvalue weighted by Crippen LogP contribution is 2.44. The number of amides is 7. The Hall–Kier alpha value is -6.61. The molecule has 0 spiro atoms. The Morgan fingerprint density at radius 3 is 1.85 bits per heavy atom. The molecular formula is C48H61N7O13. The molecule has 0 bridgehead atoms. The Morgan fingerprint density at radius 2 is 1.19 bits per heavy atom. The van der Waals surface area contributed by atoms with Crippen LogP contribution in [0.15, 0.2) is 78.9 Å². The molecule has 2 aliphatic heterocycles. The van der Waals surface area contributed by atoms with Gasteiger partial charge in [0.2, 0.25) is 29.5 Å². The monoisotopic (exact) mass is 943 g/mol. The van der Waals surface area contributed by atoms with E-state index in [0.717, 1.165) is 27.8 Å². The molecule has 3 aliphatic rings. The molecule has 1 aliphatic carbocycles. The number of ether oxygens (including phenoxy) is 6. The highest BCUT2D eigenvalue weighted by atomic mass is 16.6. The van der Waals surface area contributed by atoms with Crippen LogP contribution in [0.2, 0.25) is 0 Å². The zero-order valence-electron chi connectivity index (χ0n) is 38.5. The lowest BCUT2D eigenvalue weighted by molar-refractivity contribution is -0.131. The number of rotatable bonds is 23. The number of hydrogen-bond acceptors (Lipinski definition) is 13. The fraction of sp³-hybridized carbons (Fsp3) is 0.479. The first-order chi connectivity index (χ1) is 32.7. The van der Waals surface area contributed by atoms with Gasteiger partial charge in [-0.1, -0.05) is 78.9 Å². The quantitative estimate of drug-likeness (QED) is 0.0661. The molecule has 7 amide bonds. The van der Waals surface area contributed by atoms with E-state index in [9.17, 15) is 33.6 Å². The molecule has 0 unspecified atom stereocenters. The van der Waals surface area contributed by atoms with Crippen molar-refractivity contribution < 1.29 is 62.0 Å². The van der Waals surface area contributed by atoms with Gasteiger partial charge >= 0.3 is 12.2 Å². The van der Waals surface area contributed by atoms with Gasteiger partial charge < -0.3 is 65.6 Å². The summed E-state index contributed by atoms with van der Waals surface area (Å²) in [7, 11) is 0. The molecule has 5 atom stereocenters. The van der Waals surface area contributed by atoms with Crippen LogP contribution in [0.3, 0.4) is 0 Å². The van der Waals surface area contributed by atoms with Crippen molar-refractivity contribution in [2.75, 3.05) is 72.4 Å². The minimum absolute atomic E-state index is 0.0253. The van der Waals surface area contributed by atoms with Crippen molar-refractivity contribution in [2.45, 2.75) is 75.5 Å². The van der Waals surface area contributed by atoms with Crippen molar-refractivity contribution >= 4 is 41.7 Å². The van der Waals surface area contributed by atoms with Gasteiger partial charge in [-0.25, -0.2) is 9.59 Å². The zero-order chi connectivity index (χ0) is 48.5. The van der Waals surface area contributed by atoms with Crippen LogP contribution in [0, 0.1) is 0 Å². The average Bonchev–Trinajstić information content (AvgIpc) is 4.00. The van der Waals surface area contributed by atoms with Crippen LogP contribution in [0.5, 0.6) is 0 Å². The minimum atomic E-state index is -1.09. The Morgan fingerprint density at radius 1 is 0.618 bits per heavy atom. The van der Waals surface area contributed by atoms with Crippen molar-refractivity contribution in [3.05, 3.63) is 95.6 Å². The smallest absolute Gasteiger partial charge is 0.408 e. The van der Waals surface area contributed by atoms with E-state index in [2.05, 4.69) is 61.5 Å². The second-order valence-corrected chi connectivity index (χ2v) is 17.3. The number of alkyl carbamates (subject to hydrolysis) is 2. The first kappa shape index (κ1) is 50.8. The molecule has 0 radical (unpaired) electrons. The molecule has 68 heavy (non-hydrogen) atoms. The lowest BCUT2D eigenvalue weighted by Gasteiger charge is -2.23. The molecule has 0 aromatic heterocycles. The maximum Gasteiger partial charge on any atom is 0.408 e. The van der Waals surface area contributed by atoms with Crippen LogP contribution in [0.25, 0.3) is 11.1 Å². The van der Waals surface area contributed by atoms with Gasteiger partial charge in [0.05, 0.1) is 71.4 Å². The third-order valence-electron chi connectivity index (χ3n) is 11.1. The van der Waals surface area contributed by atoms with E-state index in [1.54, 1.807) is 51.1 Å². The number of benzene rings is 3. The van der Waals surface area contributed by atoms with E-state index < -0.39 is 97.3 Å². The van der Waals surface area contributed by atoms with Crippen LogP contribution in [0.1, 0.15) is 49.8 Å². The van der Waals surface area contributed by atoms with E-state index in [0.29, 0.717) is 0 Å². The van der Waals surface area contributed by atoms with Crippen molar-refractivity contribution in [1.82, 2.24) is 37.2 Å². The Labute approximate surface area is 394 Å². The summed E-state index contributed by atoms with van der Waals surface area (Å²) in [5, 5.41) is 18.3. The van der Waals surface area contributed by atoms with Gasteiger partial charge in [0, 0.05) is 25.3 Å². The summed E-state index contributed by atoms with van der Waals surface area (Å²) in [5.74, 6) is -2.94. The van der Waals surface area contributed by atoms with Crippen LogP contribution >= 0.6 is 0 Å². The van der Waals surface area contributed by atoms with Crippen molar-refractivity contribution in [3.63, 3.8) is 0 Å². The summed E-state index contributed by atoms with van der Waals surface area (Å²) < 4.78 is 33.4. The maximum atomic E-state index is 13.3. The van der Waals surface area contributed by atoms with Gasteiger partial charge in [0.1, 0.15) is 30.5 Å². The van der Waals surface area contributed by atoms with E-state index in [1.165, 1.54) is 0 Å². The Balaban J connectivity index is 0.798. The summed E-state index contributed by atoms with van der Waals surface area (Å²) >= 11 is 0. The average molecular weight is 944 g/mol. The van der Waals surface area contributed by atoms with E-state index >= 15 is 0 Å². The number of hydrogen-bond donors (Lipinski definition) is 7. The highest BCUT2D eigenvalue weighted by molar-refractivity contribution is 5.93. The largest absolute Gasteiger partial charge is 0.449 e. The fourth-order valence-electron chi connectivity index (χ4n) is 7.93. The maximum absolute atomic E-state index is 13.3. The van der Waals surface area contributed by atoms with E-state index in [4.69, 9.17) is 28.4 Å². The molecule has 3 aromatic carbocycles.